The predicted octanol–water partition coefficient (Wildman–Crippen LogP) is 5.13. The van der Waals surface area contributed by atoms with E-state index in [-0.39, 0.29) is 5.91 Å². The van der Waals surface area contributed by atoms with Crippen molar-refractivity contribution < 1.29 is 13.9 Å². The molecule has 0 radical (unpaired) electrons. The minimum atomic E-state index is -0.232. The minimum absolute atomic E-state index is 0.232. The first-order chi connectivity index (χ1) is 13.1. The van der Waals surface area contributed by atoms with Crippen LogP contribution in [-0.2, 0) is 12.3 Å². The van der Waals surface area contributed by atoms with Crippen LogP contribution in [0.3, 0.4) is 0 Å². The Hall–Kier alpha value is -2.66. The molecule has 4 nitrogen and oxygen atoms in total. The number of hydrogen-bond donors (Lipinski definition) is 1. The summed E-state index contributed by atoms with van der Waals surface area (Å²) < 4.78 is 11.0. The fourth-order valence-corrected chi connectivity index (χ4v) is 3.89. The van der Waals surface area contributed by atoms with E-state index >= 15 is 0 Å². The summed E-state index contributed by atoms with van der Waals surface area (Å²) in [6, 6.07) is 17.5. The third kappa shape index (κ3) is 4.74. The second-order valence-electron chi connectivity index (χ2n) is 6.27. The number of rotatable bonds is 7. The second-order valence-corrected chi connectivity index (χ2v) is 7.26. The zero-order chi connectivity index (χ0) is 19.2. The monoisotopic (exact) mass is 381 g/mol. The van der Waals surface area contributed by atoms with E-state index in [4.69, 9.17) is 9.15 Å². The van der Waals surface area contributed by atoms with Gasteiger partial charge in [-0.1, -0.05) is 36.4 Å². The molecular weight excluding hydrogens is 358 g/mol. The molecule has 5 heteroatoms. The first-order valence-corrected chi connectivity index (χ1v) is 9.75. The molecule has 1 heterocycles. The molecule has 0 saturated heterocycles. The Morgan fingerprint density at radius 3 is 2.52 bits per heavy atom. The van der Waals surface area contributed by atoms with E-state index in [0.717, 1.165) is 17.1 Å². The topological polar surface area (TPSA) is 51.5 Å². The first kappa shape index (κ1) is 19.1. The maximum Gasteiger partial charge on any atom is 0.287 e. The number of benzene rings is 2. The summed E-state index contributed by atoms with van der Waals surface area (Å²) >= 11 is 1.72. The lowest BCUT2D eigenvalue weighted by Gasteiger charge is -2.09. The summed E-state index contributed by atoms with van der Waals surface area (Å²) in [4.78, 5) is 13.6. The molecule has 3 aromatic rings. The maximum atomic E-state index is 12.4. The molecule has 3 rings (SSSR count). The lowest BCUT2D eigenvalue weighted by atomic mass is 10.2. The summed E-state index contributed by atoms with van der Waals surface area (Å²) in [7, 11) is 1.62. The maximum absolute atomic E-state index is 12.4. The number of nitrogens with one attached hydrogen (secondary N) is 1. The number of methoxy groups -OCH3 is 1. The third-order valence-electron chi connectivity index (χ3n) is 4.28. The van der Waals surface area contributed by atoms with Crippen LogP contribution in [-0.4, -0.2) is 13.0 Å². The van der Waals surface area contributed by atoms with Crippen molar-refractivity contribution in [3.63, 3.8) is 0 Å². The van der Waals surface area contributed by atoms with Gasteiger partial charge in [-0.05, 0) is 43.2 Å². The van der Waals surface area contributed by atoms with Crippen LogP contribution in [0.25, 0.3) is 0 Å². The van der Waals surface area contributed by atoms with Crippen molar-refractivity contribution in [2.75, 3.05) is 7.11 Å². The molecule has 140 valence electrons. The fraction of sp³-hybridized carbons (Fsp3) is 0.227. The average Bonchev–Trinajstić information content (AvgIpc) is 3.15. The highest BCUT2D eigenvalue weighted by molar-refractivity contribution is 7.98. The molecule has 0 atom stereocenters. The van der Waals surface area contributed by atoms with Crippen LogP contribution >= 0.6 is 11.8 Å². The molecule has 1 N–H and O–H groups in total. The SMILES string of the molecule is COc1ccccc1CNC(=O)c1ccc(CSc2c(C)cccc2C)o1. The Balaban J connectivity index is 1.59. The molecule has 0 aliphatic carbocycles. The highest BCUT2D eigenvalue weighted by atomic mass is 32.2. The number of para-hydroxylation sites is 1. The van der Waals surface area contributed by atoms with Gasteiger partial charge in [0.2, 0.25) is 0 Å². The Labute approximate surface area is 163 Å². The normalized spacial score (nSPS) is 10.6. The smallest absolute Gasteiger partial charge is 0.287 e. The Bertz CT molecular complexity index is 913. The standard InChI is InChI=1S/C22H23NO3S/c1-15-7-6-8-16(2)21(15)27-14-18-11-12-20(26-18)22(24)23-13-17-9-4-5-10-19(17)25-3/h4-12H,13-14H2,1-3H3,(H,23,24). The molecule has 0 aliphatic rings. The summed E-state index contributed by atoms with van der Waals surface area (Å²) in [6.45, 7) is 4.60. The Morgan fingerprint density at radius 1 is 1.04 bits per heavy atom. The third-order valence-corrected chi connectivity index (χ3v) is 5.65. The van der Waals surface area contributed by atoms with E-state index in [1.807, 2.05) is 30.3 Å². The number of carbonyl (C=O) groups excluding carboxylic acids is 1. The van der Waals surface area contributed by atoms with Gasteiger partial charge < -0.3 is 14.5 Å². The summed E-state index contributed by atoms with van der Waals surface area (Å²) in [5.41, 5.74) is 3.42. The van der Waals surface area contributed by atoms with Gasteiger partial charge in [-0.3, -0.25) is 4.79 Å². The van der Waals surface area contributed by atoms with Crippen molar-refractivity contribution in [2.45, 2.75) is 31.0 Å². The number of amides is 1. The number of aryl methyl sites for hydroxylation is 2. The predicted molar refractivity (Wildman–Crippen MR) is 108 cm³/mol. The summed E-state index contributed by atoms with van der Waals surface area (Å²) in [6.07, 6.45) is 0. The lowest BCUT2D eigenvalue weighted by molar-refractivity contribution is 0.0921. The van der Waals surface area contributed by atoms with Crippen LogP contribution in [0.15, 0.2) is 63.9 Å². The van der Waals surface area contributed by atoms with Crippen LogP contribution in [0.1, 0.15) is 33.0 Å². The van der Waals surface area contributed by atoms with Crippen molar-refractivity contribution >= 4 is 17.7 Å². The Kier molecular flexibility index (Phi) is 6.24. The average molecular weight is 381 g/mol. The lowest BCUT2D eigenvalue weighted by Crippen LogP contribution is -2.22. The van der Waals surface area contributed by atoms with Gasteiger partial charge in [-0.2, -0.15) is 0 Å². The second kappa shape index (κ2) is 8.82. The van der Waals surface area contributed by atoms with Gasteiger partial charge in [0.1, 0.15) is 11.5 Å². The molecule has 2 aromatic carbocycles. The highest BCUT2D eigenvalue weighted by Crippen LogP contribution is 2.29. The minimum Gasteiger partial charge on any atom is -0.496 e. The molecule has 0 fully saturated rings. The van der Waals surface area contributed by atoms with E-state index in [9.17, 15) is 4.79 Å². The van der Waals surface area contributed by atoms with Gasteiger partial charge in [-0.15, -0.1) is 11.8 Å². The molecule has 0 spiro atoms. The molecule has 0 aliphatic heterocycles. The van der Waals surface area contributed by atoms with E-state index in [0.29, 0.717) is 18.1 Å². The number of thioether (sulfide) groups is 1. The number of carbonyl (C=O) groups is 1. The molecule has 0 unspecified atom stereocenters. The zero-order valence-corrected chi connectivity index (χ0v) is 16.6. The van der Waals surface area contributed by atoms with Crippen molar-refractivity contribution in [3.8, 4) is 5.75 Å². The molecule has 1 aromatic heterocycles. The first-order valence-electron chi connectivity index (χ1n) is 8.76. The van der Waals surface area contributed by atoms with Crippen LogP contribution < -0.4 is 10.1 Å². The van der Waals surface area contributed by atoms with E-state index in [1.54, 1.807) is 24.9 Å². The Morgan fingerprint density at radius 2 is 1.78 bits per heavy atom. The number of hydrogen-bond acceptors (Lipinski definition) is 4. The van der Waals surface area contributed by atoms with Crippen LogP contribution in [0, 0.1) is 13.8 Å². The van der Waals surface area contributed by atoms with Crippen LogP contribution in [0.4, 0.5) is 0 Å². The van der Waals surface area contributed by atoms with E-state index in [2.05, 4.69) is 37.4 Å². The van der Waals surface area contributed by atoms with Crippen LogP contribution in [0.2, 0.25) is 0 Å². The molecule has 27 heavy (non-hydrogen) atoms. The van der Waals surface area contributed by atoms with E-state index in [1.165, 1.54) is 16.0 Å². The van der Waals surface area contributed by atoms with Crippen molar-refractivity contribution in [2.24, 2.45) is 0 Å². The van der Waals surface area contributed by atoms with Gasteiger partial charge in [0.15, 0.2) is 5.76 Å². The van der Waals surface area contributed by atoms with Gasteiger partial charge >= 0.3 is 0 Å². The van der Waals surface area contributed by atoms with Crippen molar-refractivity contribution in [3.05, 3.63) is 82.8 Å². The zero-order valence-electron chi connectivity index (χ0n) is 15.7. The summed E-state index contributed by atoms with van der Waals surface area (Å²) in [5, 5.41) is 2.88. The largest absolute Gasteiger partial charge is 0.496 e. The van der Waals surface area contributed by atoms with Crippen molar-refractivity contribution in [1.29, 1.82) is 0 Å². The highest BCUT2D eigenvalue weighted by Gasteiger charge is 2.13. The van der Waals surface area contributed by atoms with Gasteiger partial charge in [0.05, 0.1) is 12.9 Å². The van der Waals surface area contributed by atoms with Gasteiger partial charge in [-0.25, -0.2) is 0 Å². The molecule has 1 amide bonds. The molecular formula is C22H23NO3S. The number of ether oxygens (including phenoxy) is 1. The quantitative estimate of drug-likeness (QED) is 0.577. The van der Waals surface area contributed by atoms with Crippen LogP contribution in [0.5, 0.6) is 5.75 Å². The van der Waals surface area contributed by atoms with Gasteiger partial charge in [0, 0.05) is 17.0 Å². The molecule has 0 bridgehead atoms. The molecule has 0 saturated carbocycles. The van der Waals surface area contributed by atoms with Gasteiger partial charge in [0.25, 0.3) is 5.91 Å². The van der Waals surface area contributed by atoms with Crippen molar-refractivity contribution in [1.82, 2.24) is 5.32 Å². The summed E-state index contributed by atoms with van der Waals surface area (Å²) in [5.74, 6) is 2.31. The van der Waals surface area contributed by atoms with E-state index < -0.39 is 0 Å². The fourth-order valence-electron chi connectivity index (χ4n) is 2.86. The number of furan rings is 1.